The standard InChI is InChI=1S/C24H23NO4/c26-20(14-25-23(27)21-17-8-9-18(13-17)22(21)24(25)28)29-19-10-6-16(7-11-19)12-15-4-2-1-3-5-15/h1-7,10-11,17-18,21-22H,8-9,12-14H2. The molecule has 0 aromatic heterocycles. The van der Waals surface area contributed by atoms with Crippen molar-refractivity contribution in [1.29, 1.82) is 0 Å². The van der Waals surface area contributed by atoms with Gasteiger partial charge in [-0.15, -0.1) is 0 Å². The summed E-state index contributed by atoms with van der Waals surface area (Å²) in [5, 5.41) is 0. The molecule has 29 heavy (non-hydrogen) atoms. The summed E-state index contributed by atoms with van der Waals surface area (Å²) in [5.41, 5.74) is 2.33. The number of carbonyl (C=O) groups is 3. The van der Waals surface area contributed by atoms with Crippen molar-refractivity contribution >= 4 is 17.8 Å². The van der Waals surface area contributed by atoms with Crippen LogP contribution < -0.4 is 4.74 Å². The Morgan fingerprint density at radius 3 is 2.07 bits per heavy atom. The summed E-state index contributed by atoms with van der Waals surface area (Å²) in [5.74, 6) is -0.275. The molecule has 4 unspecified atom stereocenters. The van der Waals surface area contributed by atoms with Gasteiger partial charge in [-0.3, -0.25) is 14.5 Å². The second kappa shape index (κ2) is 7.14. The summed E-state index contributed by atoms with van der Waals surface area (Å²) < 4.78 is 5.38. The van der Waals surface area contributed by atoms with Gasteiger partial charge in [0.05, 0.1) is 11.8 Å². The molecule has 3 fully saturated rings. The zero-order valence-electron chi connectivity index (χ0n) is 16.1. The van der Waals surface area contributed by atoms with Crippen LogP contribution >= 0.6 is 0 Å². The molecule has 3 aliphatic rings. The monoisotopic (exact) mass is 389 g/mol. The van der Waals surface area contributed by atoms with Crippen molar-refractivity contribution in [2.75, 3.05) is 6.54 Å². The van der Waals surface area contributed by atoms with Crippen LogP contribution in [0.15, 0.2) is 54.6 Å². The Bertz CT molecular complexity index is 925. The first kappa shape index (κ1) is 18.1. The Morgan fingerprint density at radius 1 is 0.862 bits per heavy atom. The molecule has 1 saturated heterocycles. The number of fused-ring (bicyclic) bond motifs is 5. The lowest BCUT2D eigenvalue weighted by atomic mass is 9.81. The van der Waals surface area contributed by atoms with E-state index in [1.165, 1.54) is 5.56 Å². The number of hydrogen-bond donors (Lipinski definition) is 0. The van der Waals surface area contributed by atoms with E-state index in [4.69, 9.17) is 4.74 Å². The number of imide groups is 1. The van der Waals surface area contributed by atoms with E-state index in [2.05, 4.69) is 12.1 Å². The average Bonchev–Trinajstić information content (AvgIpc) is 3.40. The molecular weight excluding hydrogens is 366 g/mol. The zero-order chi connectivity index (χ0) is 20.0. The van der Waals surface area contributed by atoms with Crippen molar-refractivity contribution < 1.29 is 19.1 Å². The molecule has 0 spiro atoms. The van der Waals surface area contributed by atoms with Crippen LogP contribution in [0.3, 0.4) is 0 Å². The molecule has 2 saturated carbocycles. The topological polar surface area (TPSA) is 63.7 Å². The molecule has 2 aliphatic carbocycles. The van der Waals surface area contributed by atoms with E-state index in [1.54, 1.807) is 12.1 Å². The Kier molecular flexibility index (Phi) is 4.46. The summed E-state index contributed by atoms with van der Waals surface area (Å²) in [6.07, 6.45) is 3.84. The number of amides is 2. The van der Waals surface area contributed by atoms with Gasteiger partial charge in [-0.05, 0) is 60.8 Å². The predicted octanol–water partition coefficient (Wildman–Crippen LogP) is 3.21. The molecule has 5 rings (SSSR count). The largest absolute Gasteiger partial charge is 0.425 e. The van der Waals surface area contributed by atoms with Crippen LogP contribution in [0.25, 0.3) is 0 Å². The molecule has 148 valence electrons. The highest BCUT2D eigenvalue weighted by Crippen LogP contribution is 2.56. The van der Waals surface area contributed by atoms with Crippen molar-refractivity contribution in [3.05, 3.63) is 65.7 Å². The van der Waals surface area contributed by atoms with E-state index >= 15 is 0 Å². The molecule has 2 aromatic carbocycles. The van der Waals surface area contributed by atoms with E-state index in [0.29, 0.717) is 17.6 Å². The van der Waals surface area contributed by atoms with Crippen LogP contribution in [0.2, 0.25) is 0 Å². The number of hydrogen-bond acceptors (Lipinski definition) is 4. The quantitative estimate of drug-likeness (QED) is 0.448. The summed E-state index contributed by atoms with van der Waals surface area (Å²) in [6, 6.07) is 17.5. The second-order valence-electron chi connectivity index (χ2n) is 8.43. The molecule has 2 bridgehead atoms. The predicted molar refractivity (Wildman–Crippen MR) is 106 cm³/mol. The van der Waals surface area contributed by atoms with E-state index in [1.807, 2.05) is 30.3 Å². The first-order chi connectivity index (χ1) is 14.1. The van der Waals surface area contributed by atoms with Gasteiger partial charge >= 0.3 is 5.97 Å². The smallest absolute Gasteiger partial charge is 0.331 e. The van der Waals surface area contributed by atoms with Crippen LogP contribution in [0.4, 0.5) is 0 Å². The van der Waals surface area contributed by atoms with Gasteiger partial charge in [0, 0.05) is 0 Å². The maximum atomic E-state index is 12.7. The summed E-state index contributed by atoms with van der Waals surface area (Å²) in [7, 11) is 0. The molecule has 1 aliphatic heterocycles. The molecular formula is C24H23NO4. The zero-order valence-corrected chi connectivity index (χ0v) is 16.1. The van der Waals surface area contributed by atoms with Gasteiger partial charge < -0.3 is 4.74 Å². The maximum Gasteiger partial charge on any atom is 0.331 e. The molecule has 4 atom stereocenters. The number of nitrogens with zero attached hydrogens (tertiary/aromatic N) is 1. The Hall–Kier alpha value is -2.95. The van der Waals surface area contributed by atoms with Crippen LogP contribution in [0, 0.1) is 23.7 Å². The van der Waals surface area contributed by atoms with Gasteiger partial charge in [-0.2, -0.15) is 0 Å². The van der Waals surface area contributed by atoms with Crippen LogP contribution in [-0.4, -0.2) is 29.2 Å². The highest BCUT2D eigenvalue weighted by Gasteiger charge is 2.61. The summed E-state index contributed by atoms with van der Waals surface area (Å²) in [6.45, 7) is -0.296. The molecule has 2 aromatic rings. The molecule has 0 radical (unpaired) electrons. The van der Waals surface area contributed by atoms with Crippen molar-refractivity contribution in [1.82, 2.24) is 4.90 Å². The highest BCUT2D eigenvalue weighted by molar-refractivity contribution is 6.07. The lowest BCUT2D eigenvalue weighted by Crippen LogP contribution is -2.38. The SMILES string of the molecule is O=C(CN1C(=O)C2C3CCC(C3)C2C1=O)Oc1ccc(Cc2ccccc2)cc1. The number of likely N-dealkylation sites (tertiary alicyclic amines) is 1. The number of ether oxygens (including phenoxy) is 1. The molecule has 5 nitrogen and oxygen atoms in total. The minimum Gasteiger partial charge on any atom is -0.425 e. The number of rotatable bonds is 5. The number of esters is 1. The third-order valence-electron chi connectivity index (χ3n) is 6.71. The number of benzene rings is 2. The summed E-state index contributed by atoms with van der Waals surface area (Å²) in [4.78, 5) is 38.9. The van der Waals surface area contributed by atoms with E-state index in [9.17, 15) is 14.4 Å². The first-order valence-corrected chi connectivity index (χ1v) is 10.3. The molecule has 1 heterocycles. The molecule has 5 heteroatoms. The van der Waals surface area contributed by atoms with Crippen molar-refractivity contribution in [2.24, 2.45) is 23.7 Å². The lowest BCUT2D eigenvalue weighted by Gasteiger charge is -2.19. The van der Waals surface area contributed by atoms with Gasteiger partial charge in [0.25, 0.3) is 0 Å². The normalized spacial score (nSPS) is 27.4. The minimum absolute atomic E-state index is 0.178. The fourth-order valence-corrected chi connectivity index (χ4v) is 5.43. The van der Waals surface area contributed by atoms with Crippen molar-refractivity contribution in [3.8, 4) is 5.75 Å². The summed E-state index contributed by atoms with van der Waals surface area (Å²) >= 11 is 0. The third-order valence-corrected chi connectivity index (χ3v) is 6.71. The molecule has 2 amide bonds. The first-order valence-electron chi connectivity index (χ1n) is 10.3. The van der Waals surface area contributed by atoms with E-state index in [0.717, 1.165) is 36.1 Å². The van der Waals surface area contributed by atoms with Crippen LogP contribution in [0.1, 0.15) is 30.4 Å². The fraction of sp³-hybridized carbons (Fsp3) is 0.375. The Balaban J connectivity index is 1.20. The van der Waals surface area contributed by atoms with Crippen molar-refractivity contribution in [3.63, 3.8) is 0 Å². The highest BCUT2D eigenvalue weighted by atomic mass is 16.5. The lowest BCUT2D eigenvalue weighted by molar-refractivity contribution is -0.148. The van der Waals surface area contributed by atoms with E-state index < -0.39 is 5.97 Å². The van der Waals surface area contributed by atoms with Gasteiger partial charge in [-0.25, -0.2) is 4.79 Å². The van der Waals surface area contributed by atoms with Gasteiger partial charge in [0.2, 0.25) is 11.8 Å². The maximum absolute atomic E-state index is 12.7. The van der Waals surface area contributed by atoms with E-state index in [-0.39, 0.29) is 30.2 Å². The van der Waals surface area contributed by atoms with Crippen LogP contribution in [0.5, 0.6) is 5.75 Å². The van der Waals surface area contributed by atoms with Crippen LogP contribution in [-0.2, 0) is 20.8 Å². The van der Waals surface area contributed by atoms with Crippen molar-refractivity contribution in [2.45, 2.75) is 25.7 Å². The van der Waals surface area contributed by atoms with Gasteiger partial charge in [0.1, 0.15) is 12.3 Å². The third kappa shape index (κ3) is 3.24. The molecule has 0 N–H and O–H groups in total. The Morgan fingerprint density at radius 2 is 1.45 bits per heavy atom. The minimum atomic E-state index is -0.574. The Labute approximate surface area is 169 Å². The second-order valence-corrected chi connectivity index (χ2v) is 8.43. The van der Waals surface area contributed by atoms with Gasteiger partial charge in [-0.1, -0.05) is 42.5 Å². The fourth-order valence-electron chi connectivity index (χ4n) is 5.43. The van der Waals surface area contributed by atoms with Gasteiger partial charge in [0.15, 0.2) is 0 Å². The number of carbonyl (C=O) groups excluding carboxylic acids is 3. The average molecular weight is 389 g/mol.